The summed E-state index contributed by atoms with van der Waals surface area (Å²) >= 11 is 5.67. The normalized spacial score (nSPS) is 20.9. The highest BCUT2D eigenvalue weighted by Crippen LogP contribution is 2.17. The average Bonchev–Trinajstić information content (AvgIpc) is 2.39. The van der Waals surface area contributed by atoms with Gasteiger partial charge in [-0.25, -0.2) is 4.39 Å². The minimum absolute atomic E-state index is 0.0235. The molecule has 3 nitrogen and oxygen atoms in total. The average molecular weight is 285 g/mol. The van der Waals surface area contributed by atoms with Crippen molar-refractivity contribution in [1.29, 1.82) is 0 Å². The third-order valence-electron chi connectivity index (χ3n) is 3.58. The van der Waals surface area contributed by atoms with Gasteiger partial charge in [0.05, 0.1) is 5.56 Å². The number of carbonyl (C=O) groups excluding carboxylic acids is 1. The van der Waals surface area contributed by atoms with Crippen LogP contribution in [0.5, 0.6) is 0 Å². The maximum Gasteiger partial charge on any atom is 0.254 e. The molecular weight excluding hydrogens is 267 g/mol. The molecular formula is C14H18ClFN2O. The summed E-state index contributed by atoms with van der Waals surface area (Å²) in [6, 6.07) is 4.12. The first-order valence-corrected chi connectivity index (χ1v) is 6.92. The number of rotatable bonds is 3. The lowest BCUT2D eigenvalue weighted by Crippen LogP contribution is -2.44. The number of hydrogen-bond acceptors (Lipinski definition) is 2. The summed E-state index contributed by atoms with van der Waals surface area (Å²) in [4.78, 5) is 12.0. The third kappa shape index (κ3) is 3.67. The first-order valence-electron chi connectivity index (χ1n) is 6.54. The predicted molar refractivity (Wildman–Crippen MR) is 73.9 cm³/mol. The van der Waals surface area contributed by atoms with Crippen LogP contribution >= 0.6 is 11.6 Å². The van der Waals surface area contributed by atoms with Gasteiger partial charge in [-0.3, -0.25) is 4.79 Å². The number of carbonyl (C=O) groups is 1. The first-order chi connectivity index (χ1) is 9.08. The van der Waals surface area contributed by atoms with Crippen molar-refractivity contribution in [2.24, 2.45) is 5.92 Å². The van der Waals surface area contributed by atoms with E-state index in [1.165, 1.54) is 12.1 Å². The Bertz CT molecular complexity index is 461. The zero-order valence-electron chi connectivity index (χ0n) is 10.9. The van der Waals surface area contributed by atoms with E-state index in [-0.39, 0.29) is 17.5 Å². The molecule has 1 aromatic rings. The van der Waals surface area contributed by atoms with Crippen LogP contribution in [0.15, 0.2) is 18.2 Å². The molecule has 0 bridgehead atoms. The van der Waals surface area contributed by atoms with Crippen molar-refractivity contribution >= 4 is 17.5 Å². The number of nitrogens with one attached hydrogen (secondary N) is 2. The van der Waals surface area contributed by atoms with Crippen LogP contribution in [0, 0.1) is 11.7 Å². The molecule has 5 heteroatoms. The van der Waals surface area contributed by atoms with E-state index in [1.807, 2.05) is 6.92 Å². The van der Waals surface area contributed by atoms with E-state index in [0.717, 1.165) is 32.0 Å². The third-order valence-corrected chi connectivity index (χ3v) is 3.81. The molecule has 1 heterocycles. The summed E-state index contributed by atoms with van der Waals surface area (Å²) in [5.74, 6) is -0.570. The minimum Gasteiger partial charge on any atom is -0.349 e. The second-order valence-electron chi connectivity index (χ2n) is 4.99. The Balaban J connectivity index is 1.99. The largest absolute Gasteiger partial charge is 0.349 e. The fourth-order valence-electron chi connectivity index (χ4n) is 2.38. The number of benzene rings is 1. The van der Waals surface area contributed by atoms with E-state index in [0.29, 0.717) is 10.9 Å². The van der Waals surface area contributed by atoms with E-state index in [4.69, 9.17) is 11.6 Å². The van der Waals surface area contributed by atoms with Gasteiger partial charge in [-0.15, -0.1) is 0 Å². The smallest absolute Gasteiger partial charge is 0.254 e. The molecule has 1 saturated heterocycles. The number of hydrogen-bond donors (Lipinski definition) is 2. The van der Waals surface area contributed by atoms with Gasteiger partial charge >= 0.3 is 0 Å². The Morgan fingerprint density at radius 1 is 1.58 bits per heavy atom. The lowest BCUT2D eigenvalue weighted by atomic mass is 9.92. The maximum atomic E-state index is 13.6. The van der Waals surface area contributed by atoms with E-state index in [9.17, 15) is 9.18 Å². The van der Waals surface area contributed by atoms with Crippen LogP contribution in [-0.4, -0.2) is 25.0 Å². The molecule has 2 rings (SSSR count). The highest BCUT2D eigenvalue weighted by atomic mass is 35.5. The molecule has 1 aliphatic rings. The van der Waals surface area contributed by atoms with Crippen LogP contribution < -0.4 is 10.6 Å². The van der Waals surface area contributed by atoms with Crippen LogP contribution in [0.2, 0.25) is 5.02 Å². The SMILES string of the molecule is CC(NC(=O)c1ccc(Cl)cc1F)C1CCCNC1. The van der Waals surface area contributed by atoms with Crippen molar-refractivity contribution in [3.63, 3.8) is 0 Å². The molecule has 19 heavy (non-hydrogen) atoms. The molecule has 2 unspecified atom stereocenters. The van der Waals surface area contributed by atoms with Crippen molar-refractivity contribution in [3.05, 3.63) is 34.6 Å². The molecule has 0 aromatic heterocycles. The number of halogens is 2. The Hall–Kier alpha value is -1.13. The van der Waals surface area contributed by atoms with Crippen LogP contribution in [0.3, 0.4) is 0 Å². The molecule has 104 valence electrons. The summed E-state index contributed by atoms with van der Waals surface area (Å²) in [7, 11) is 0. The Labute approximate surface area is 117 Å². The Kier molecular flexibility index (Phi) is 4.77. The van der Waals surface area contributed by atoms with Gasteiger partial charge in [0.2, 0.25) is 0 Å². The van der Waals surface area contributed by atoms with Crippen molar-refractivity contribution in [1.82, 2.24) is 10.6 Å². The zero-order valence-corrected chi connectivity index (χ0v) is 11.6. The fraction of sp³-hybridized carbons (Fsp3) is 0.500. The highest BCUT2D eigenvalue weighted by Gasteiger charge is 2.22. The van der Waals surface area contributed by atoms with Gasteiger partial charge in [0.25, 0.3) is 5.91 Å². The summed E-state index contributed by atoms with van der Waals surface area (Å²) in [5.41, 5.74) is 0.0417. The van der Waals surface area contributed by atoms with Gasteiger partial charge in [-0.1, -0.05) is 11.6 Å². The van der Waals surface area contributed by atoms with Gasteiger partial charge in [0.15, 0.2) is 0 Å². The Morgan fingerprint density at radius 3 is 3.00 bits per heavy atom. The maximum absolute atomic E-state index is 13.6. The molecule has 1 amide bonds. The van der Waals surface area contributed by atoms with Gasteiger partial charge in [0, 0.05) is 11.1 Å². The van der Waals surface area contributed by atoms with Gasteiger partial charge in [-0.05, 0) is 57.0 Å². The lowest BCUT2D eigenvalue weighted by Gasteiger charge is -2.29. The van der Waals surface area contributed by atoms with Gasteiger partial charge < -0.3 is 10.6 Å². The molecule has 0 spiro atoms. The van der Waals surface area contributed by atoms with Crippen LogP contribution in [0.1, 0.15) is 30.1 Å². The van der Waals surface area contributed by atoms with E-state index >= 15 is 0 Å². The van der Waals surface area contributed by atoms with Crippen LogP contribution in [0.25, 0.3) is 0 Å². The van der Waals surface area contributed by atoms with E-state index in [2.05, 4.69) is 10.6 Å². The van der Waals surface area contributed by atoms with Gasteiger partial charge in [-0.2, -0.15) is 0 Å². The van der Waals surface area contributed by atoms with E-state index < -0.39 is 5.82 Å². The molecule has 2 atom stereocenters. The highest BCUT2D eigenvalue weighted by molar-refractivity contribution is 6.30. The predicted octanol–water partition coefficient (Wildman–Crippen LogP) is 2.60. The van der Waals surface area contributed by atoms with E-state index in [1.54, 1.807) is 0 Å². The fourth-order valence-corrected chi connectivity index (χ4v) is 2.54. The Morgan fingerprint density at radius 2 is 2.37 bits per heavy atom. The number of piperidine rings is 1. The second-order valence-corrected chi connectivity index (χ2v) is 5.43. The van der Waals surface area contributed by atoms with Crippen LogP contribution in [-0.2, 0) is 0 Å². The first kappa shape index (κ1) is 14.3. The topological polar surface area (TPSA) is 41.1 Å². The monoisotopic (exact) mass is 284 g/mol. The van der Waals surface area contributed by atoms with Crippen molar-refractivity contribution in [3.8, 4) is 0 Å². The lowest BCUT2D eigenvalue weighted by molar-refractivity contribution is 0.0918. The standard InChI is InChI=1S/C14H18ClFN2O/c1-9(10-3-2-6-17-8-10)18-14(19)12-5-4-11(15)7-13(12)16/h4-5,7,9-10,17H,2-3,6,8H2,1H3,(H,18,19). The molecule has 0 saturated carbocycles. The molecule has 2 N–H and O–H groups in total. The second kappa shape index (κ2) is 6.35. The van der Waals surface area contributed by atoms with Crippen LogP contribution in [0.4, 0.5) is 4.39 Å². The van der Waals surface area contributed by atoms with Gasteiger partial charge in [0.1, 0.15) is 5.82 Å². The zero-order chi connectivity index (χ0) is 13.8. The van der Waals surface area contributed by atoms with Crippen molar-refractivity contribution in [2.45, 2.75) is 25.8 Å². The minimum atomic E-state index is -0.584. The molecule has 1 fully saturated rings. The summed E-state index contributed by atoms with van der Waals surface area (Å²) in [6.45, 7) is 3.89. The molecule has 1 aromatic carbocycles. The van der Waals surface area contributed by atoms with Crippen molar-refractivity contribution < 1.29 is 9.18 Å². The molecule has 1 aliphatic heterocycles. The summed E-state index contributed by atoms with van der Waals surface area (Å²) in [6.07, 6.45) is 2.19. The molecule has 0 radical (unpaired) electrons. The van der Waals surface area contributed by atoms with Crippen molar-refractivity contribution in [2.75, 3.05) is 13.1 Å². The summed E-state index contributed by atoms with van der Waals surface area (Å²) < 4.78 is 13.6. The summed E-state index contributed by atoms with van der Waals surface area (Å²) in [5, 5.41) is 6.46. The quantitative estimate of drug-likeness (QED) is 0.896. The molecule has 0 aliphatic carbocycles. The number of amides is 1.